The lowest BCUT2D eigenvalue weighted by Crippen LogP contribution is -2.27. The number of amides is 1. The molecule has 9 heteroatoms. The molecule has 0 aliphatic carbocycles. The highest BCUT2D eigenvalue weighted by Gasteiger charge is 2.19. The molecule has 4 rings (SSSR count). The number of benzene rings is 2. The molecule has 0 radical (unpaired) electrons. The molecular weight excluding hydrogens is 446 g/mol. The number of carbonyl (C=O) groups is 1. The quantitative estimate of drug-likeness (QED) is 0.272. The van der Waals surface area contributed by atoms with E-state index in [1.54, 1.807) is 14.0 Å². The van der Waals surface area contributed by atoms with Crippen LogP contribution >= 0.6 is 0 Å². The minimum absolute atomic E-state index is 0.00119. The van der Waals surface area contributed by atoms with Gasteiger partial charge in [0, 0.05) is 5.39 Å². The van der Waals surface area contributed by atoms with Crippen LogP contribution in [-0.4, -0.2) is 53.0 Å². The van der Waals surface area contributed by atoms with Crippen LogP contribution in [0.25, 0.3) is 10.9 Å². The molecule has 0 spiro atoms. The fourth-order valence-electron chi connectivity index (χ4n) is 4.19. The Bertz CT molecular complexity index is 1210. The molecule has 1 aliphatic heterocycles. The summed E-state index contributed by atoms with van der Waals surface area (Å²) >= 11 is 0. The van der Waals surface area contributed by atoms with Gasteiger partial charge in [0.2, 0.25) is 5.88 Å². The molecule has 9 nitrogen and oxygen atoms in total. The summed E-state index contributed by atoms with van der Waals surface area (Å²) in [6, 6.07) is 15.0. The number of para-hydroxylation sites is 1. The number of aromatic nitrogens is 1. The van der Waals surface area contributed by atoms with Crippen LogP contribution in [0.2, 0.25) is 0 Å². The summed E-state index contributed by atoms with van der Waals surface area (Å²) in [6.07, 6.45) is 4.79. The molecule has 1 saturated heterocycles. The van der Waals surface area contributed by atoms with Crippen molar-refractivity contribution in [2.75, 3.05) is 26.8 Å². The second kappa shape index (κ2) is 11.6. The molecule has 1 fully saturated rings. The predicted octanol–water partition coefficient (Wildman–Crippen LogP) is 5.24. The number of aromatic hydroxyl groups is 1. The van der Waals surface area contributed by atoms with Crippen LogP contribution in [0.3, 0.4) is 0 Å². The third-order valence-corrected chi connectivity index (χ3v) is 6.12. The van der Waals surface area contributed by atoms with Gasteiger partial charge in [0.25, 0.3) is 0 Å². The van der Waals surface area contributed by atoms with Crippen LogP contribution < -0.4 is 4.74 Å². The van der Waals surface area contributed by atoms with Gasteiger partial charge in [0.1, 0.15) is 5.75 Å². The third kappa shape index (κ3) is 6.05. The number of ether oxygens (including phenoxy) is 1. The number of nitrogens with zero attached hydrogens (tertiary/aromatic N) is 5. The molecule has 2 heterocycles. The van der Waals surface area contributed by atoms with Crippen LogP contribution in [-0.2, 0) is 16.3 Å². The molecule has 1 aromatic heterocycles. The van der Waals surface area contributed by atoms with Crippen molar-refractivity contribution in [3.63, 3.8) is 0 Å². The van der Waals surface area contributed by atoms with Crippen molar-refractivity contribution in [2.24, 2.45) is 15.4 Å². The van der Waals surface area contributed by atoms with Crippen molar-refractivity contribution in [1.29, 1.82) is 0 Å². The number of hydrogen-bond donors (Lipinski definition) is 1. The molecule has 0 atom stereocenters. The number of carbonyl (C=O) groups excluding carboxylic acids is 1. The van der Waals surface area contributed by atoms with Gasteiger partial charge in [-0.05, 0) is 68.8 Å². The van der Waals surface area contributed by atoms with Gasteiger partial charge in [0.15, 0.2) is 12.3 Å². The van der Waals surface area contributed by atoms with Gasteiger partial charge >= 0.3 is 5.91 Å². The molecule has 0 unspecified atom stereocenters. The first-order valence-corrected chi connectivity index (χ1v) is 11.8. The Kier molecular flexibility index (Phi) is 8.10. The zero-order valence-corrected chi connectivity index (χ0v) is 20.2. The molecule has 3 aromatic rings. The number of methoxy groups -OCH3 is 1. The minimum Gasteiger partial charge on any atom is -0.497 e. The predicted molar refractivity (Wildman–Crippen MR) is 134 cm³/mol. The van der Waals surface area contributed by atoms with Gasteiger partial charge in [-0.25, -0.2) is 0 Å². The number of azo groups is 1. The van der Waals surface area contributed by atoms with E-state index in [9.17, 15) is 9.90 Å². The van der Waals surface area contributed by atoms with Crippen LogP contribution in [0.1, 0.15) is 38.2 Å². The highest BCUT2D eigenvalue weighted by Crippen LogP contribution is 2.39. The Labute approximate surface area is 204 Å². The van der Waals surface area contributed by atoms with E-state index in [-0.39, 0.29) is 18.2 Å². The normalized spacial score (nSPS) is 15.4. The maximum Gasteiger partial charge on any atom is 0.304 e. The first kappa shape index (κ1) is 24.4. The smallest absolute Gasteiger partial charge is 0.304 e. The summed E-state index contributed by atoms with van der Waals surface area (Å²) in [7, 11) is 1.60. The maximum atomic E-state index is 12.3. The molecule has 1 N–H and O–H groups in total. The summed E-state index contributed by atoms with van der Waals surface area (Å²) < 4.78 is 6.98. The molecule has 2 aromatic carbocycles. The fourth-order valence-corrected chi connectivity index (χ4v) is 4.19. The Hall–Kier alpha value is -3.72. The van der Waals surface area contributed by atoms with E-state index in [0.29, 0.717) is 12.4 Å². The van der Waals surface area contributed by atoms with E-state index in [4.69, 9.17) is 9.57 Å². The Morgan fingerprint density at radius 1 is 1.03 bits per heavy atom. The van der Waals surface area contributed by atoms with Crippen molar-refractivity contribution >= 4 is 28.2 Å². The zero-order chi connectivity index (χ0) is 24.6. The first-order chi connectivity index (χ1) is 17.1. The first-order valence-electron chi connectivity index (χ1n) is 11.8. The fraction of sp³-hybridized carbons (Fsp3) is 0.385. The standard InChI is InChI=1S/C26H31N5O4/c1-19(20-11-13-21(34-2)14-12-20)29-35-17-24(32)27-28-25-22-9-5-6-10-23(22)31(26(25)33)18-30-15-7-3-4-8-16-30/h5-6,9-14,33H,3-4,7-8,15-18H2,1-2H3/b28-27?,29-19-. The molecular formula is C26H31N5O4. The van der Waals surface area contributed by atoms with Gasteiger partial charge < -0.3 is 14.7 Å². The molecule has 1 amide bonds. The molecule has 35 heavy (non-hydrogen) atoms. The highest BCUT2D eigenvalue weighted by molar-refractivity contribution is 5.98. The van der Waals surface area contributed by atoms with E-state index in [1.807, 2.05) is 53.1 Å². The van der Waals surface area contributed by atoms with Crippen LogP contribution in [0.5, 0.6) is 11.6 Å². The third-order valence-electron chi connectivity index (χ3n) is 6.12. The van der Waals surface area contributed by atoms with Gasteiger partial charge in [-0.3, -0.25) is 14.3 Å². The summed E-state index contributed by atoms with van der Waals surface area (Å²) in [5.41, 5.74) is 2.60. The summed E-state index contributed by atoms with van der Waals surface area (Å²) in [6.45, 7) is 3.98. The van der Waals surface area contributed by atoms with Crippen molar-refractivity contribution < 1.29 is 19.5 Å². The monoisotopic (exact) mass is 477 g/mol. The second-order valence-corrected chi connectivity index (χ2v) is 8.56. The lowest BCUT2D eigenvalue weighted by atomic mass is 10.1. The average Bonchev–Trinajstić information content (AvgIpc) is 3.02. The molecule has 1 aliphatic rings. The largest absolute Gasteiger partial charge is 0.497 e. The van der Waals surface area contributed by atoms with Crippen LogP contribution in [0.15, 0.2) is 63.9 Å². The van der Waals surface area contributed by atoms with Crippen LogP contribution in [0, 0.1) is 0 Å². The topological polar surface area (TPSA) is 101 Å². The van der Waals surface area contributed by atoms with Gasteiger partial charge in [0.05, 0.1) is 25.0 Å². The van der Waals surface area contributed by atoms with E-state index < -0.39 is 5.91 Å². The number of likely N-dealkylation sites (tertiary alicyclic amines) is 1. The number of rotatable bonds is 8. The van der Waals surface area contributed by atoms with Crippen molar-refractivity contribution in [3.8, 4) is 11.6 Å². The Morgan fingerprint density at radius 3 is 2.46 bits per heavy atom. The van der Waals surface area contributed by atoms with E-state index in [0.717, 1.165) is 48.1 Å². The van der Waals surface area contributed by atoms with E-state index in [1.165, 1.54) is 12.8 Å². The van der Waals surface area contributed by atoms with Crippen molar-refractivity contribution in [1.82, 2.24) is 9.47 Å². The zero-order valence-electron chi connectivity index (χ0n) is 20.2. The van der Waals surface area contributed by atoms with Gasteiger partial charge in [-0.1, -0.05) is 36.2 Å². The highest BCUT2D eigenvalue weighted by atomic mass is 16.6. The molecule has 184 valence electrons. The van der Waals surface area contributed by atoms with Crippen LogP contribution in [0.4, 0.5) is 5.69 Å². The van der Waals surface area contributed by atoms with Crippen molar-refractivity contribution in [2.45, 2.75) is 39.3 Å². The SMILES string of the molecule is COc1ccc(/C(C)=N\OCC(=O)N=Nc2c(O)n(CN3CCCCCC3)c3ccccc23)cc1. The minimum atomic E-state index is -0.597. The number of oxime groups is 1. The summed E-state index contributed by atoms with van der Waals surface area (Å²) in [5, 5.41) is 23.5. The van der Waals surface area contributed by atoms with Gasteiger partial charge in [-0.15, -0.1) is 10.2 Å². The van der Waals surface area contributed by atoms with Crippen molar-refractivity contribution in [3.05, 3.63) is 54.1 Å². The van der Waals surface area contributed by atoms with Gasteiger partial charge in [-0.2, -0.15) is 0 Å². The Balaban J connectivity index is 1.43. The lowest BCUT2D eigenvalue weighted by molar-refractivity contribution is -0.122. The maximum absolute atomic E-state index is 12.3. The van der Waals surface area contributed by atoms with E-state index >= 15 is 0 Å². The summed E-state index contributed by atoms with van der Waals surface area (Å²) in [4.78, 5) is 19.8. The summed E-state index contributed by atoms with van der Waals surface area (Å²) in [5.74, 6) is 0.149. The number of fused-ring (bicyclic) bond motifs is 1. The Morgan fingerprint density at radius 2 is 1.74 bits per heavy atom. The number of hydrogen-bond acceptors (Lipinski definition) is 7. The molecule has 0 bridgehead atoms. The molecule has 0 saturated carbocycles. The second-order valence-electron chi connectivity index (χ2n) is 8.56. The van der Waals surface area contributed by atoms with E-state index in [2.05, 4.69) is 20.3 Å². The lowest BCUT2D eigenvalue weighted by Gasteiger charge is -2.21. The average molecular weight is 478 g/mol.